The minimum absolute atomic E-state index is 0.0503. The van der Waals surface area contributed by atoms with E-state index in [0.29, 0.717) is 18.3 Å². The van der Waals surface area contributed by atoms with Crippen LogP contribution in [0.4, 0.5) is 17.5 Å². The molecule has 0 atom stereocenters. The molecule has 0 unspecified atom stereocenters. The van der Waals surface area contributed by atoms with Gasteiger partial charge in [-0.05, 0) is 67.0 Å². The van der Waals surface area contributed by atoms with Gasteiger partial charge in [-0.1, -0.05) is 6.07 Å². The Balaban J connectivity index is 1.46. The molecule has 2 N–H and O–H groups in total. The van der Waals surface area contributed by atoms with Gasteiger partial charge >= 0.3 is 5.97 Å². The summed E-state index contributed by atoms with van der Waals surface area (Å²) in [6, 6.07) is 11.5. The van der Waals surface area contributed by atoms with Crippen LogP contribution < -0.4 is 10.6 Å². The molecule has 0 bridgehead atoms. The van der Waals surface area contributed by atoms with Gasteiger partial charge in [0.05, 0.1) is 28.4 Å². The number of halogens is 1. The van der Waals surface area contributed by atoms with E-state index in [1.54, 1.807) is 23.3 Å². The molecule has 0 saturated carbocycles. The molecule has 33 heavy (non-hydrogen) atoms. The van der Waals surface area contributed by atoms with E-state index in [2.05, 4.69) is 46.6 Å². The highest BCUT2D eigenvalue weighted by Gasteiger charge is 2.17. The number of esters is 1. The van der Waals surface area contributed by atoms with Crippen molar-refractivity contribution >= 4 is 50.3 Å². The van der Waals surface area contributed by atoms with Crippen LogP contribution in [-0.2, 0) is 22.6 Å². The zero-order chi connectivity index (χ0) is 23.4. The van der Waals surface area contributed by atoms with E-state index in [0.717, 1.165) is 26.8 Å². The zero-order valence-electron chi connectivity index (χ0n) is 18.5. The van der Waals surface area contributed by atoms with Crippen molar-refractivity contribution in [1.82, 2.24) is 24.7 Å². The largest absolute Gasteiger partial charge is 0.459 e. The van der Waals surface area contributed by atoms with Crippen LogP contribution in [0.2, 0.25) is 0 Å². The van der Waals surface area contributed by atoms with Crippen LogP contribution in [-0.4, -0.2) is 36.3 Å². The fourth-order valence-electron chi connectivity index (χ4n) is 3.14. The molecule has 1 aromatic carbocycles. The van der Waals surface area contributed by atoms with E-state index < -0.39 is 5.60 Å². The second kappa shape index (κ2) is 9.53. The first-order valence-electron chi connectivity index (χ1n) is 10.4. The predicted octanol–water partition coefficient (Wildman–Crippen LogP) is 4.68. The molecule has 0 fully saturated rings. The van der Waals surface area contributed by atoms with Crippen molar-refractivity contribution in [2.24, 2.45) is 0 Å². The zero-order valence-corrected chi connectivity index (χ0v) is 20.1. The molecule has 4 aromatic rings. The molecule has 0 radical (unpaired) electrons. The summed E-state index contributed by atoms with van der Waals surface area (Å²) in [5.74, 6) is 0.773. The average Bonchev–Trinajstić information content (AvgIpc) is 3.15. The van der Waals surface area contributed by atoms with Crippen molar-refractivity contribution in [3.8, 4) is 0 Å². The van der Waals surface area contributed by atoms with Crippen molar-refractivity contribution in [2.45, 2.75) is 39.5 Å². The van der Waals surface area contributed by atoms with Gasteiger partial charge in [0.1, 0.15) is 18.0 Å². The molecule has 0 saturated heterocycles. The fourth-order valence-corrected chi connectivity index (χ4v) is 3.48. The molecule has 0 amide bonds. The summed E-state index contributed by atoms with van der Waals surface area (Å²) >= 11 is 3.48. The van der Waals surface area contributed by atoms with Crippen LogP contribution in [0.25, 0.3) is 10.9 Å². The number of pyridine rings is 1. The topological polar surface area (TPSA) is 107 Å². The van der Waals surface area contributed by atoms with E-state index in [1.807, 2.05) is 57.2 Å². The van der Waals surface area contributed by atoms with Gasteiger partial charge in [0.15, 0.2) is 0 Å². The van der Waals surface area contributed by atoms with Crippen LogP contribution in [0.5, 0.6) is 0 Å². The number of benzene rings is 1. The first kappa shape index (κ1) is 22.7. The quantitative estimate of drug-likeness (QED) is 0.345. The molecule has 10 heteroatoms. The van der Waals surface area contributed by atoms with Gasteiger partial charge in [0, 0.05) is 23.5 Å². The maximum absolute atomic E-state index is 12.2. The monoisotopic (exact) mass is 509 g/mol. The summed E-state index contributed by atoms with van der Waals surface area (Å²) in [6.07, 6.45) is 5.16. The molecule has 0 aliphatic carbocycles. The fraction of sp³-hybridized carbons (Fsp3) is 0.261. The molecule has 170 valence electrons. The highest BCUT2D eigenvalue weighted by molar-refractivity contribution is 9.10. The normalized spacial score (nSPS) is 11.4. The molecule has 3 heterocycles. The first-order valence-corrected chi connectivity index (χ1v) is 11.2. The van der Waals surface area contributed by atoms with Crippen LogP contribution in [0.3, 0.4) is 0 Å². The number of anilines is 3. The standard InChI is InChI=1S/C23H24BrN7O2/c1-23(2,3)33-20(32)14-31-19-8-7-16(10-15(19)11-28-31)29-22-27-13-18(24)21(30-22)26-12-17-6-4-5-9-25-17/h4-11,13H,12,14H2,1-3H3,(H2,26,27,29,30). The van der Waals surface area contributed by atoms with E-state index >= 15 is 0 Å². The molecule has 0 aliphatic heterocycles. The third-order valence-electron chi connectivity index (χ3n) is 4.50. The smallest absolute Gasteiger partial charge is 0.328 e. The molecular formula is C23H24BrN7O2. The van der Waals surface area contributed by atoms with E-state index in [-0.39, 0.29) is 12.5 Å². The maximum Gasteiger partial charge on any atom is 0.328 e. The Labute approximate surface area is 199 Å². The van der Waals surface area contributed by atoms with Gasteiger partial charge in [-0.25, -0.2) is 4.98 Å². The van der Waals surface area contributed by atoms with E-state index in [9.17, 15) is 4.79 Å². The Bertz CT molecular complexity index is 1270. The average molecular weight is 510 g/mol. The molecule has 9 nitrogen and oxygen atoms in total. The number of carbonyl (C=O) groups is 1. The number of fused-ring (bicyclic) bond motifs is 1. The highest BCUT2D eigenvalue weighted by Crippen LogP contribution is 2.24. The Kier molecular flexibility index (Phi) is 6.55. The van der Waals surface area contributed by atoms with Crippen molar-refractivity contribution in [1.29, 1.82) is 0 Å². The lowest BCUT2D eigenvalue weighted by atomic mass is 10.2. The lowest BCUT2D eigenvalue weighted by Crippen LogP contribution is -2.26. The Morgan fingerprint density at radius 3 is 2.76 bits per heavy atom. The SMILES string of the molecule is CC(C)(C)OC(=O)Cn1ncc2cc(Nc3ncc(Br)c(NCc4ccccn4)n3)ccc21. The van der Waals surface area contributed by atoms with Gasteiger partial charge in [0.25, 0.3) is 0 Å². The van der Waals surface area contributed by atoms with E-state index in [1.165, 1.54) is 0 Å². The second-order valence-electron chi connectivity index (χ2n) is 8.35. The lowest BCUT2D eigenvalue weighted by molar-refractivity contribution is -0.155. The second-order valence-corrected chi connectivity index (χ2v) is 9.21. The third-order valence-corrected chi connectivity index (χ3v) is 5.08. The number of hydrogen-bond acceptors (Lipinski definition) is 8. The van der Waals surface area contributed by atoms with Crippen molar-refractivity contribution in [3.63, 3.8) is 0 Å². The van der Waals surface area contributed by atoms with Crippen molar-refractivity contribution < 1.29 is 9.53 Å². The van der Waals surface area contributed by atoms with Gasteiger partial charge in [-0.15, -0.1) is 0 Å². The van der Waals surface area contributed by atoms with Gasteiger partial charge in [-0.3, -0.25) is 14.5 Å². The van der Waals surface area contributed by atoms with Crippen LogP contribution in [0, 0.1) is 0 Å². The van der Waals surface area contributed by atoms with Gasteiger partial charge in [0.2, 0.25) is 5.95 Å². The minimum atomic E-state index is -0.535. The summed E-state index contributed by atoms with van der Waals surface area (Å²) in [6.45, 7) is 6.11. The lowest BCUT2D eigenvalue weighted by Gasteiger charge is -2.19. The number of nitrogens with one attached hydrogen (secondary N) is 2. The summed E-state index contributed by atoms with van der Waals surface area (Å²) in [5, 5.41) is 11.7. The van der Waals surface area contributed by atoms with Crippen molar-refractivity contribution in [2.75, 3.05) is 10.6 Å². The molecular weight excluding hydrogens is 486 g/mol. The van der Waals surface area contributed by atoms with Crippen molar-refractivity contribution in [3.05, 3.63) is 65.2 Å². The Morgan fingerprint density at radius 2 is 2.00 bits per heavy atom. The summed E-state index contributed by atoms with van der Waals surface area (Å²) in [4.78, 5) is 25.4. The Hall–Kier alpha value is -3.53. The predicted molar refractivity (Wildman–Crippen MR) is 130 cm³/mol. The number of aromatic nitrogens is 5. The molecule has 0 spiro atoms. The number of hydrogen-bond donors (Lipinski definition) is 2. The molecule has 0 aliphatic rings. The van der Waals surface area contributed by atoms with Crippen LogP contribution in [0.1, 0.15) is 26.5 Å². The number of rotatable bonds is 7. The maximum atomic E-state index is 12.2. The summed E-state index contributed by atoms with van der Waals surface area (Å²) < 4.78 is 7.77. The van der Waals surface area contributed by atoms with Crippen LogP contribution in [0.15, 0.2) is 59.5 Å². The Morgan fingerprint density at radius 1 is 1.15 bits per heavy atom. The first-order chi connectivity index (χ1) is 15.8. The van der Waals surface area contributed by atoms with E-state index in [4.69, 9.17) is 4.74 Å². The number of ether oxygens (including phenoxy) is 1. The van der Waals surface area contributed by atoms with Gasteiger partial charge in [-0.2, -0.15) is 10.1 Å². The summed E-state index contributed by atoms with van der Waals surface area (Å²) in [5.41, 5.74) is 2.01. The summed E-state index contributed by atoms with van der Waals surface area (Å²) in [7, 11) is 0. The van der Waals surface area contributed by atoms with Crippen LogP contribution >= 0.6 is 15.9 Å². The number of carbonyl (C=O) groups excluding carboxylic acids is 1. The highest BCUT2D eigenvalue weighted by atomic mass is 79.9. The van der Waals surface area contributed by atoms with Gasteiger partial charge < -0.3 is 15.4 Å². The third kappa shape index (κ3) is 6.04. The number of nitrogens with zero attached hydrogens (tertiary/aromatic N) is 5. The minimum Gasteiger partial charge on any atom is -0.459 e. The molecule has 4 rings (SSSR count). The molecule has 3 aromatic heterocycles.